The number of ether oxygens (including phenoxy) is 2. The fraction of sp³-hybridized carbons (Fsp3) is 0.432. The summed E-state index contributed by atoms with van der Waals surface area (Å²) in [6.07, 6.45) is 2.57. The van der Waals surface area contributed by atoms with Crippen LogP contribution in [-0.2, 0) is 14.4 Å². The second-order valence-electron chi connectivity index (χ2n) is 12.7. The van der Waals surface area contributed by atoms with Gasteiger partial charge in [0.2, 0.25) is 11.8 Å². The second-order valence-corrected chi connectivity index (χ2v) is 13.5. The first kappa shape index (κ1) is 35.2. The van der Waals surface area contributed by atoms with Crippen molar-refractivity contribution in [2.75, 3.05) is 24.4 Å². The zero-order valence-corrected chi connectivity index (χ0v) is 29.3. The van der Waals surface area contributed by atoms with Gasteiger partial charge in [0.1, 0.15) is 11.7 Å². The molecule has 3 aromatic carbocycles. The van der Waals surface area contributed by atoms with Gasteiger partial charge in [0.25, 0.3) is 0 Å². The van der Waals surface area contributed by atoms with Crippen molar-refractivity contribution in [3.8, 4) is 11.5 Å². The maximum atomic E-state index is 14.3. The van der Waals surface area contributed by atoms with Crippen molar-refractivity contribution < 1.29 is 29.0 Å². The number of aryl methyl sites for hydroxylation is 4. The Balaban J connectivity index is 1.85. The smallest absolute Gasteiger partial charge is 0.235 e. The summed E-state index contributed by atoms with van der Waals surface area (Å²) >= 11 is 3.62. The van der Waals surface area contributed by atoms with Crippen molar-refractivity contribution in [1.29, 1.82) is 0 Å². The van der Waals surface area contributed by atoms with Crippen LogP contribution in [0.3, 0.4) is 0 Å². The number of aliphatic hydroxyl groups is 1. The van der Waals surface area contributed by atoms with E-state index in [4.69, 9.17) is 9.47 Å². The summed E-state index contributed by atoms with van der Waals surface area (Å²) in [5.41, 5.74) is 3.50. The van der Waals surface area contributed by atoms with E-state index in [0.717, 1.165) is 41.5 Å². The number of hydrogen-bond donors (Lipinski definition) is 3. The van der Waals surface area contributed by atoms with Crippen LogP contribution in [0.2, 0.25) is 0 Å². The second kappa shape index (κ2) is 14.8. The van der Waals surface area contributed by atoms with Gasteiger partial charge in [0.15, 0.2) is 11.5 Å². The van der Waals surface area contributed by atoms with Crippen LogP contribution >= 0.6 is 15.9 Å². The van der Waals surface area contributed by atoms with Crippen LogP contribution in [0.15, 0.2) is 53.0 Å². The molecule has 3 aromatic rings. The summed E-state index contributed by atoms with van der Waals surface area (Å²) in [4.78, 5) is 42.3. The monoisotopic (exact) mass is 692 g/mol. The third-order valence-corrected chi connectivity index (χ3v) is 9.35. The molecular formula is C37H45BrN2O6. The number of unbranched alkanes of at least 4 members (excludes halogenated alkanes) is 2. The van der Waals surface area contributed by atoms with E-state index < -0.39 is 41.0 Å². The van der Waals surface area contributed by atoms with Crippen molar-refractivity contribution in [2.45, 2.75) is 78.7 Å². The summed E-state index contributed by atoms with van der Waals surface area (Å²) < 4.78 is 12.4. The van der Waals surface area contributed by atoms with E-state index in [1.165, 1.54) is 14.0 Å². The fourth-order valence-electron chi connectivity index (χ4n) is 6.25. The highest BCUT2D eigenvalue weighted by Gasteiger charge is 2.56. The average Bonchev–Trinajstić information content (AvgIpc) is 2.98. The Morgan fingerprint density at radius 1 is 0.935 bits per heavy atom. The van der Waals surface area contributed by atoms with Gasteiger partial charge in [-0.05, 0) is 109 Å². The molecule has 3 N–H and O–H groups in total. The molecule has 0 aromatic heterocycles. The van der Waals surface area contributed by atoms with Crippen molar-refractivity contribution >= 4 is 44.9 Å². The molecule has 1 aliphatic carbocycles. The molecular weight excluding hydrogens is 648 g/mol. The summed E-state index contributed by atoms with van der Waals surface area (Å²) in [5.74, 6) is -4.09. The van der Waals surface area contributed by atoms with Gasteiger partial charge in [-0.1, -0.05) is 44.0 Å². The predicted molar refractivity (Wildman–Crippen MR) is 185 cm³/mol. The van der Waals surface area contributed by atoms with Crippen LogP contribution in [0.1, 0.15) is 73.3 Å². The standard InChI is InChI=1S/C37H45BrN2O6/c1-8-9-10-15-46-34-26(38)18-25(19-30(34)45-7)31-32(35(42)39-27-16-21(2)11-13-23(27)4)29(41)20-37(6,44)33(31)36(43)40-28-17-22(3)12-14-24(28)5/h11-14,16-19,31-33,44H,8-10,15,20H2,1-7H3,(H,39,42)(H,40,43). The Morgan fingerprint density at radius 3 is 2.09 bits per heavy atom. The molecule has 9 heteroatoms. The molecule has 4 rings (SSSR count). The predicted octanol–water partition coefficient (Wildman–Crippen LogP) is 7.58. The molecule has 0 heterocycles. The zero-order chi connectivity index (χ0) is 33.8. The number of amides is 2. The van der Waals surface area contributed by atoms with Gasteiger partial charge in [-0.15, -0.1) is 0 Å². The molecule has 0 spiro atoms. The summed E-state index contributed by atoms with van der Waals surface area (Å²) in [6.45, 7) is 11.7. The van der Waals surface area contributed by atoms with Crippen LogP contribution in [0.4, 0.5) is 11.4 Å². The first-order valence-corrected chi connectivity index (χ1v) is 16.6. The minimum absolute atomic E-state index is 0.365. The summed E-state index contributed by atoms with van der Waals surface area (Å²) in [7, 11) is 1.52. The van der Waals surface area contributed by atoms with E-state index in [-0.39, 0.29) is 6.42 Å². The lowest BCUT2D eigenvalue weighted by molar-refractivity contribution is -0.150. The van der Waals surface area contributed by atoms with Gasteiger partial charge >= 0.3 is 0 Å². The SMILES string of the molecule is CCCCCOc1c(Br)cc(C2C(C(=O)Nc3cc(C)ccc3C)C(=O)CC(C)(O)C2C(=O)Nc2cc(C)ccc2C)cc1OC. The molecule has 0 aliphatic heterocycles. The van der Waals surface area contributed by atoms with Crippen LogP contribution in [0.5, 0.6) is 11.5 Å². The molecule has 0 saturated heterocycles. The molecule has 246 valence electrons. The van der Waals surface area contributed by atoms with Gasteiger partial charge in [0.05, 0.1) is 29.7 Å². The van der Waals surface area contributed by atoms with E-state index in [1.807, 2.05) is 64.1 Å². The van der Waals surface area contributed by atoms with Crippen LogP contribution in [0.25, 0.3) is 0 Å². The molecule has 4 unspecified atom stereocenters. The van der Waals surface area contributed by atoms with Gasteiger partial charge in [-0.2, -0.15) is 0 Å². The molecule has 1 fully saturated rings. The Labute approximate surface area is 280 Å². The molecule has 0 bridgehead atoms. The van der Waals surface area contributed by atoms with E-state index in [1.54, 1.807) is 12.1 Å². The number of anilines is 2. The highest BCUT2D eigenvalue weighted by atomic mass is 79.9. The summed E-state index contributed by atoms with van der Waals surface area (Å²) in [6, 6.07) is 14.9. The molecule has 1 aliphatic rings. The number of methoxy groups -OCH3 is 1. The lowest BCUT2D eigenvalue weighted by atomic mass is 9.61. The van der Waals surface area contributed by atoms with Crippen molar-refractivity contribution in [3.05, 3.63) is 80.8 Å². The van der Waals surface area contributed by atoms with E-state index in [9.17, 15) is 19.5 Å². The third-order valence-electron chi connectivity index (χ3n) is 8.77. The van der Waals surface area contributed by atoms with E-state index in [0.29, 0.717) is 39.5 Å². The highest BCUT2D eigenvalue weighted by Crippen LogP contribution is 2.49. The molecule has 0 radical (unpaired) electrons. The summed E-state index contributed by atoms with van der Waals surface area (Å²) in [5, 5.41) is 17.8. The minimum atomic E-state index is -1.76. The lowest BCUT2D eigenvalue weighted by Gasteiger charge is -2.44. The van der Waals surface area contributed by atoms with Gasteiger partial charge < -0.3 is 25.2 Å². The molecule has 1 saturated carbocycles. The number of carbonyl (C=O) groups excluding carboxylic acids is 3. The molecule has 8 nitrogen and oxygen atoms in total. The minimum Gasteiger partial charge on any atom is -0.493 e. The number of carbonyl (C=O) groups is 3. The average molecular weight is 694 g/mol. The highest BCUT2D eigenvalue weighted by molar-refractivity contribution is 9.10. The Morgan fingerprint density at radius 2 is 1.52 bits per heavy atom. The first-order valence-electron chi connectivity index (χ1n) is 15.8. The Kier molecular flexibility index (Phi) is 11.3. The number of ketones is 1. The molecule has 46 heavy (non-hydrogen) atoms. The first-order chi connectivity index (χ1) is 21.8. The molecule has 2 amide bonds. The van der Waals surface area contributed by atoms with Gasteiger partial charge in [0, 0.05) is 23.7 Å². The van der Waals surface area contributed by atoms with Gasteiger partial charge in [-0.25, -0.2) is 0 Å². The fourth-order valence-corrected chi connectivity index (χ4v) is 6.83. The van der Waals surface area contributed by atoms with Crippen LogP contribution < -0.4 is 20.1 Å². The normalized spacial score (nSPS) is 21.1. The maximum Gasteiger partial charge on any atom is 0.235 e. The Hall–Kier alpha value is -3.69. The quantitative estimate of drug-likeness (QED) is 0.141. The number of halogens is 1. The van der Waals surface area contributed by atoms with E-state index >= 15 is 0 Å². The van der Waals surface area contributed by atoms with Crippen molar-refractivity contribution in [3.63, 3.8) is 0 Å². The largest absolute Gasteiger partial charge is 0.493 e. The van der Waals surface area contributed by atoms with Gasteiger partial charge in [-0.3, -0.25) is 14.4 Å². The number of nitrogens with one attached hydrogen (secondary N) is 2. The number of benzene rings is 3. The zero-order valence-electron chi connectivity index (χ0n) is 27.8. The number of hydrogen-bond acceptors (Lipinski definition) is 6. The number of Topliss-reactive ketones (excluding diaryl/α,β-unsaturated/α-hetero) is 1. The van der Waals surface area contributed by atoms with Crippen LogP contribution in [-0.4, -0.2) is 42.0 Å². The lowest BCUT2D eigenvalue weighted by Crippen LogP contribution is -2.56. The molecule has 4 atom stereocenters. The number of rotatable bonds is 11. The third kappa shape index (κ3) is 7.81. The van der Waals surface area contributed by atoms with E-state index in [2.05, 4.69) is 33.5 Å². The topological polar surface area (TPSA) is 114 Å². The van der Waals surface area contributed by atoms with Crippen LogP contribution in [0, 0.1) is 39.5 Å². The maximum absolute atomic E-state index is 14.3. The van der Waals surface area contributed by atoms with Crippen molar-refractivity contribution in [2.24, 2.45) is 11.8 Å². The van der Waals surface area contributed by atoms with Crippen molar-refractivity contribution in [1.82, 2.24) is 0 Å². The Bertz CT molecular complexity index is 1620.